The van der Waals surface area contributed by atoms with Gasteiger partial charge in [-0.1, -0.05) is 25.0 Å². The average molecular weight is 496 g/mol. The van der Waals surface area contributed by atoms with E-state index in [9.17, 15) is 9.59 Å². The van der Waals surface area contributed by atoms with Gasteiger partial charge >= 0.3 is 0 Å². The minimum absolute atomic E-state index is 0. The summed E-state index contributed by atoms with van der Waals surface area (Å²) >= 11 is 0. The Morgan fingerprint density at radius 2 is 1.08 bits per heavy atom. The average Bonchev–Trinajstić information content (AvgIpc) is 2.57. The quantitative estimate of drug-likeness (QED) is 0.331. The molecular formula is C18H32Br2N4O2. The molecule has 0 radical (unpaired) electrons. The van der Waals surface area contributed by atoms with Gasteiger partial charge in [0, 0.05) is 12.8 Å². The molecule has 6 N–H and O–H groups in total. The van der Waals surface area contributed by atoms with Gasteiger partial charge in [-0.15, -0.1) is 34.0 Å². The van der Waals surface area contributed by atoms with Crippen LogP contribution in [0.1, 0.15) is 51.4 Å². The number of hydrogen-bond donors (Lipinski definition) is 4. The molecule has 0 saturated heterocycles. The number of rotatable bonds is 12. The van der Waals surface area contributed by atoms with Crippen molar-refractivity contribution in [2.24, 2.45) is 11.5 Å². The molecule has 0 spiro atoms. The molecule has 0 aliphatic rings. The number of halogens is 2. The Morgan fingerprint density at radius 3 is 1.42 bits per heavy atom. The van der Waals surface area contributed by atoms with Crippen LogP contribution in [0.15, 0.2) is 24.3 Å². The monoisotopic (exact) mass is 494 g/mol. The first-order valence-corrected chi connectivity index (χ1v) is 8.76. The van der Waals surface area contributed by atoms with Gasteiger partial charge in [-0.25, -0.2) is 0 Å². The van der Waals surface area contributed by atoms with E-state index in [-0.39, 0.29) is 45.8 Å². The number of carbonyl (C=O) groups excluding carboxylic acids is 2. The molecule has 1 aromatic rings. The van der Waals surface area contributed by atoms with Gasteiger partial charge in [-0.3, -0.25) is 9.59 Å². The second-order valence-corrected chi connectivity index (χ2v) is 5.84. The van der Waals surface area contributed by atoms with Crippen LogP contribution < -0.4 is 22.1 Å². The van der Waals surface area contributed by atoms with Crippen LogP contribution in [0.4, 0.5) is 11.4 Å². The predicted octanol–water partition coefficient (Wildman–Crippen LogP) is 3.76. The number of hydrogen-bond acceptors (Lipinski definition) is 4. The highest BCUT2D eigenvalue weighted by atomic mass is 79.9. The van der Waals surface area contributed by atoms with Gasteiger partial charge in [0.15, 0.2) is 0 Å². The molecule has 0 heterocycles. The normalized spacial score (nSPS) is 9.62. The van der Waals surface area contributed by atoms with Gasteiger partial charge in [0.1, 0.15) is 0 Å². The smallest absolute Gasteiger partial charge is 0.224 e. The third kappa shape index (κ3) is 12.4. The van der Waals surface area contributed by atoms with E-state index in [1.54, 1.807) is 12.1 Å². The van der Waals surface area contributed by atoms with E-state index >= 15 is 0 Å². The highest BCUT2D eigenvalue weighted by molar-refractivity contribution is 8.93. The SMILES string of the molecule is Br.Br.NCCCCCC(=O)Nc1ccccc1NC(=O)CCCCCN. The summed E-state index contributed by atoms with van der Waals surface area (Å²) in [6, 6.07) is 7.26. The molecule has 1 aromatic carbocycles. The number of anilines is 2. The molecule has 0 aliphatic carbocycles. The summed E-state index contributed by atoms with van der Waals surface area (Å²) in [5.74, 6) is -0.0895. The van der Waals surface area contributed by atoms with Crippen molar-refractivity contribution in [3.63, 3.8) is 0 Å². The van der Waals surface area contributed by atoms with Crippen molar-refractivity contribution in [2.75, 3.05) is 23.7 Å². The van der Waals surface area contributed by atoms with E-state index in [0.29, 0.717) is 37.3 Å². The maximum Gasteiger partial charge on any atom is 0.224 e. The van der Waals surface area contributed by atoms with Gasteiger partial charge in [0.2, 0.25) is 11.8 Å². The Hall–Kier alpha value is -0.960. The fourth-order valence-electron chi connectivity index (χ4n) is 2.34. The fourth-order valence-corrected chi connectivity index (χ4v) is 2.34. The number of benzene rings is 1. The molecule has 1 rings (SSSR count). The van der Waals surface area contributed by atoms with Crippen molar-refractivity contribution in [2.45, 2.75) is 51.4 Å². The lowest BCUT2D eigenvalue weighted by Crippen LogP contribution is -2.16. The number of nitrogens with two attached hydrogens (primary N) is 2. The largest absolute Gasteiger partial charge is 0.330 e. The Bertz CT molecular complexity index is 471. The van der Waals surface area contributed by atoms with E-state index in [4.69, 9.17) is 11.5 Å². The predicted molar refractivity (Wildman–Crippen MR) is 119 cm³/mol. The Morgan fingerprint density at radius 1 is 0.692 bits per heavy atom. The first kappa shape index (κ1) is 27.3. The first-order chi connectivity index (χ1) is 11.7. The summed E-state index contributed by atoms with van der Waals surface area (Å²) in [5, 5.41) is 5.74. The molecule has 150 valence electrons. The molecule has 0 fully saturated rings. The third-order valence-electron chi connectivity index (χ3n) is 3.69. The van der Waals surface area contributed by atoms with Gasteiger partial charge in [0.25, 0.3) is 0 Å². The van der Waals surface area contributed by atoms with Gasteiger partial charge in [-0.2, -0.15) is 0 Å². The van der Waals surface area contributed by atoms with Crippen molar-refractivity contribution in [3.8, 4) is 0 Å². The molecule has 6 nitrogen and oxygen atoms in total. The highest BCUT2D eigenvalue weighted by Gasteiger charge is 2.09. The van der Waals surface area contributed by atoms with Crippen molar-refractivity contribution in [1.82, 2.24) is 0 Å². The number of unbranched alkanes of at least 4 members (excludes halogenated alkanes) is 4. The van der Waals surface area contributed by atoms with Crippen LogP contribution in [0.2, 0.25) is 0 Å². The lowest BCUT2D eigenvalue weighted by molar-refractivity contribution is -0.117. The number of carbonyl (C=O) groups is 2. The van der Waals surface area contributed by atoms with E-state index in [2.05, 4.69) is 10.6 Å². The molecule has 0 saturated carbocycles. The summed E-state index contributed by atoms with van der Waals surface area (Å²) in [6.07, 6.45) is 6.32. The molecule has 0 unspecified atom stereocenters. The minimum Gasteiger partial charge on any atom is -0.330 e. The Labute approximate surface area is 177 Å². The van der Waals surface area contributed by atoms with Gasteiger partial charge in [-0.05, 0) is 50.9 Å². The summed E-state index contributed by atoms with van der Waals surface area (Å²) in [5.41, 5.74) is 12.2. The first-order valence-electron chi connectivity index (χ1n) is 8.76. The van der Waals surface area contributed by atoms with Crippen LogP contribution in [0.25, 0.3) is 0 Å². The fraction of sp³-hybridized carbons (Fsp3) is 0.556. The molecule has 26 heavy (non-hydrogen) atoms. The molecule has 0 atom stereocenters. The summed E-state index contributed by atoms with van der Waals surface area (Å²) in [7, 11) is 0. The van der Waals surface area contributed by atoms with E-state index in [1.807, 2.05) is 12.1 Å². The van der Waals surface area contributed by atoms with Gasteiger partial charge in [0.05, 0.1) is 11.4 Å². The second kappa shape index (κ2) is 17.5. The van der Waals surface area contributed by atoms with Crippen molar-refractivity contribution in [3.05, 3.63) is 24.3 Å². The maximum atomic E-state index is 12.0. The zero-order valence-corrected chi connectivity index (χ0v) is 18.6. The summed E-state index contributed by atoms with van der Waals surface area (Å²) in [4.78, 5) is 24.0. The second-order valence-electron chi connectivity index (χ2n) is 5.84. The van der Waals surface area contributed by atoms with Crippen LogP contribution in [0, 0.1) is 0 Å². The number of amides is 2. The van der Waals surface area contributed by atoms with Crippen LogP contribution in [-0.2, 0) is 9.59 Å². The molecule has 8 heteroatoms. The lowest BCUT2D eigenvalue weighted by atomic mass is 10.1. The van der Waals surface area contributed by atoms with Gasteiger partial charge < -0.3 is 22.1 Å². The topological polar surface area (TPSA) is 110 Å². The van der Waals surface area contributed by atoms with Crippen molar-refractivity contribution < 1.29 is 9.59 Å². The zero-order valence-electron chi connectivity index (χ0n) is 15.2. The molecule has 0 aliphatic heterocycles. The third-order valence-corrected chi connectivity index (χ3v) is 3.69. The van der Waals surface area contributed by atoms with Crippen molar-refractivity contribution >= 4 is 57.2 Å². The highest BCUT2D eigenvalue weighted by Crippen LogP contribution is 2.22. The zero-order chi connectivity index (χ0) is 17.6. The van der Waals surface area contributed by atoms with Crippen LogP contribution in [0.5, 0.6) is 0 Å². The van der Waals surface area contributed by atoms with E-state index < -0.39 is 0 Å². The molecule has 0 bridgehead atoms. The van der Waals surface area contributed by atoms with Crippen LogP contribution >= 0.6 is 34.0 Å². The Balaban J connectivity index is 0. The van der Waals surface area contributed by atoms with E-state index in [1.165, 1.54) is 0 Å². The summed E-state index contributed by atoms with van der Waals surface area (Å²) < 4.78 is 0. The van der Waals surface area contributed by atoms with E-state index in [0.717, 1.165) is 38.5 Å². The van der Waals surface area contributed by atoms with Crippen molar-refractivity contribution in [1.29, 1.82) is 0 Å². The van der Waals surface area contributed by atoms with Crippen LogP contribution in [0.3, 0.4) is 0 Å². The molecule has 0 aromatic heterocycles. The number of nitrogens with one attached hydrogen (secondary N) is 2. The molecular weight excluding hydrogens is 464 g/mol. The lowest BCUT2D eigenvalue weighted by Gasteiger charge is -2.12. The van der Waals surface area contributed by atoms with Crippen LogP contribution in [-0.4, -0.2) is 24.9 Å². The number of para-hydroxylation sites is 2. The minimum atomic E-state index is -0.0448. The standard InChI is InChI=1S/C18H30N4O2.2BrH/c19-13-7-1-3-11-17(23)21-15-9-5-6-10-16(15)22-18(24)12-4-2-8-14-20;;/h5-6,9-10H,1-4,7-8,11-14,19-20H2,(H,21,23)(H,22,24);2*1H. The molecule has 2 amide bonds. The Kier molecular flexibility index (Phi) is 18.3. The summed E-state index contributed by atoms with van der Waals surface area (Å²) in [6.45, 7) is 1.31. The maximum absolute atomic E-state index is 12.0.